The topological polar surface area (TPSA) is 42.9 Å². The van der Waals surface area contributed by atoms with Gasteiger partial charge in [0.2, 0.25) is 0 Å². The minimum Gasteiger partial charge on any atom is -0.357 e. The van der Waals surface area contributed by atoms with Crippen molar-refractivity contribution in [2.75, 3.05) is 52.4 Å². The van der Waals surface area contributed by atoms with Crippen LogP contribution in [-0.2, 0) is 0 Å². The molecule has 0 aliphatic carbocycles. The summed E-state index contributed by atoms with van der Waals surface area (Å²) < 4.78 is 0. The highest BCUT2D eigenvalue weighted by Crippen LogP contribution is 2.28. The van der Waals surface area contributed by atoms with Crippen LogP contribution in [0.3, 0.4) is 0 Å². The van der Waals surface area contributed by atoms with Crippen LogP contribution in [-0.4, -0.2) is 68.1 Å². The molecule has 26 heavy (non-hydrogen) atoms. The van der Waals surface area contributed by atoms with Crippen molar-refractivity contribution in [1.82, 2.24) is 20.4 Å². The van der Waals surface area contributed by atoms with Crippen LogP contribution in [0.15, 0.2) is 22.5 Å². The van der Waals surface area contributed by atoms with Gasteiger partial charge in [0.15, 0.2) is 5.96 Å². The number of rotatable bonds is 8. The zero-order valence-corrected chi connectivity index (χ0v) is 17.1. The number of nitrogens with one attached hydrogen (secondary N) is 2. The number of hydrogen-bond acceptors (Lipinski definition) is 4. The second kappa shape index (κ2) is 10.9. The molecule has 0 spiro atoms. The van der Waals surface area contributed by atoms with Crippen molar-refractivity contribution in [3.8, 4) is 0 Å². The van der Waals surface area contributed by atoms with Crippen molar-refractivity contribution in [2.45, 2.75) is 45.1 Å². The van der Waals surface area contributed by atoms with E-state index in [0.29, 0.717) is 6.04 Å². The van der Waals surface area contributed by atoms with Crippen LogP contribution in [0.1, 0.15) is 49.9 Å². The first-order valence-electron chi connectivity index (χ1n) is 10.4. The van der Waals surface area contributed by atoms with Crippen LogP contribution in [0.25, 0.3) is 0 Å². The Kier molecular flexibility index (Phi) is 8.24. The van der Waals surface area contributed by atoms with Crippen molar-refractivity contribution < 1.29 is 0 Å². The Hall–Kier alpha value is -1.11. The summed E-state index contributed by atoms with van der Waals surface area (Å²) in [6.45, 7) is 10.9. The molecule has 6 heteroatoms. The summed E-state index contributed by atoms with van der Waals surface area (Å²) >= 11 is 1.86. The third-order valence-electron chi connectivity index (χ3n) is 5.39. The Morgan fingerprint density at radius 1 is 1.12 bits per heavy atom. The van der Waals surface area contributed by atoms with E-state index in [2.05, 4.69) is 44.9 Å². The molecular weight excluding hydrogens is 342 g/mol. The lowest BCUT2D eigenvalue weighted by molar-refractivity contribution is 0.232. The highest BCUT2D eigenvalue weighted by Gasteiger charge is 2.24. The lowest BCUT2D eigenvalue weighted by Gasteiger charge is -2.27. The molecule has 0 saturated carbocycles. The lowest BCUT2D eigenvalue weighted by atomic mass is 10.1. The molecule has 3 rings (SSSR count). The smallest absolute Gasteiger partial charge is 0.191 e. The molecule has 2 fully saturated rings. The van der Waals surface area contributed by atoms with Crippen molar-refractivity contribution >= 4 is 17.3 Å². The van der Waals surface area contributed by atoms with E-state index in [1.54, 1.807) is 0 Å². The Balaban J connectivity index is 1.53. The molecule has 2 aliphatic heterocycles. The van der Waals surface area contributed by atoms with Crippen LogP contribution in [0.5, 0.6) is 0 Å². The molecule has 1 aromatic rings. The predicted octanol–water partition coefficient (Wildman–Crippen LogP) is 2.93. The highest BCUT2D eigenvalue weighted by atomic mass is 32.1. The maximum absolute atomic E-state index is 4.94. The molecule has 2 saturated heterocycles. The summed E-state index contributed by atoms with van der Waals surface area (Å²) in [7, 11) is 0. The standard InChI is InChI=1S/C20H35N5S/c1-2-21-20(22-10-15-24-11-4-3-5-12-24)23-17-18(19-9-8-16-26-19)25-13-6-7-14-25/h8-9,16,18H,2-7,10-15,17H2,1H3,(H2,21,22,23). The second-order valence-electron chi connectivity index (χ2n) is 7.32. The van der Waals surface area contributed by atoms with Gasteiger partial charge in [-0.2, -0.15) is 0 Å². The van der Waals surface area contributed by atoms with Gasteiger partial charge in [0.05, 0.1) is 12.6 Å². The summed E-state index contributed by atoms with van der Waals surface area (Å²) in [6.07, 6.45) is 6.74. The maximum Gasteiger partial charge on any atom is 0.191 e. The van der Waals surface area contributed by atoms with Gasteiger partial charge in [-0.25, -0.2) is 0 Å². The predicted molar refractivity (Wildman–Crippen MR) is 112 cm³/mol. The second-order valence-corrected chi connectivity index (χ2v) is 8.30. The minimum atomic E-state index is 0.426. The van der Waals surface area contributed by atoms with Crippen molar-refractivity contribution in [2.24, 2.45) is 4.99 Å². The number of likely N-dealkylation sites (tertiary alicyclic amines) is 2. The van der Waals surface area contributed by atoms with Gasteiger partial charge < -0.3 is 15.5 Å². The van der Waals surface area contributed by atoms with Gasteiger partial charge in [0.1, 0.15) is 0 Å². The van der Waals surface area contributed by atoms with Gasteiger partial charge in [-0.3, -0.25) is 9.89 Å². The fourth-order valence-electron chi connectivity index (χ4n) is 3.95. The lowest BCUT2D eigenvalue weighted by Crippen LogP contribution is -2.43. The molecule has 5 nitrogen and oxygen atoms in total. The fraction of sp³-hybridized carbons (Fsp3) is 0.750. The molecule has 0 bridgehead atoms. The van der Waals surface area contributed by atoms with E-state index < -0.39 is 0 Å². The third-order valence-corrected chi connectivity index (χ3v) is 6.36. The molecule has 0 amide bonds. The zero-order chi connectivity index (χ0) is 18.0. The Labute approximate surface area is 162 Å². The van der Waals surface area contributed by atoms with Gasteiger partial charge in [-0.1, -0.05) is 12.5 Å². The van der Waals surface area contributed by atoms with Crippen LogP contribution >= 0.6 is 11.3 Å². The summed E-state index contributed by atoms with van der Waals surface area (Å²) in [5, 5.41) is 9.14. The summed E-state index contributed by atoms with van der Waals surface area (Å²) in [4.78, 5) is 11.6. The molecule has 2 aliphatic rings. The van der Waals surface area contributed by atoms with E-state index >= 15 is 0 Å². The third kappa shape index (κ3) is 5.96. The molecule has 1 unspecified atom stereocenters. The fourth-order valence-corrected chi connectivity index (χ4v) is 4.81. The molecule has 0 aromatic carbocycles. The van der Waals surface area contributed by atoms with Crippen molar-refractivity contribution in [3.63, 3.8) is 0 Å². The van der Waals surface area contributed by atoms with Gasteiger partial charge >= 0.3 is 0 Å². The van der Waals surface area contributed by atoms with E-state index in [1.165, 1.54) is 63.2 Å². The number of guanidine groups is 1. The van der Waals surface area contributed by atoms with E-state index in [0.717, 1.165) is 32.1 Å². The van der Waals surface area contributed by atoms with Crippen molar-refractivity contribution in [1.29, 1.82) is 0 Å². The van der Waals surface area contributed by atoms with Crippen LogP contribution in [0.2, 0.25) is 0 Å². The van der Waals surface area contributed by atoms with Crippen LogP contribution in [0.4, 0.5) is 0 Å². The van der Waals surface area contributed by atoms with E-state index in [4.69, 9.17) is 4.99 Å². The van der Waals surface area contributed by atoms with E-state index in [-0.39, 0.29) is 0 Å². The molecule has 0 radical (unpaired) electrons. The quantitative estimate of drug-likeness (QED) is 0.540. The maximum atomic E-state index is 4.94. The van der Waals surface area contributed by atoms with Crippen molar-refractivity contribution in [3.05, 3.63) is 22.4 Å². The number of hydrogen-bond donors (Lipinski definition) is 2. The largest absolute Gasteiger partial charge is 0.357 e. The van der Waals surface area contributed by atoms with E-state index in [1.807, 2.05) is 11.3 Å². The monoisotopic (exact) mass is 377 g/mol. The zero-order valence-electron chi connectivity index (χ0n) is 16.3. The number of nitrogens with zero attached hydrogens (tertiary/aromatic N) is 3. The number of thiophene rings is 1. The van der Waals surface area contributed by atoms with Gasteiger partial charge in [0.25, 0.3) is 0 Å². The average molecular weight is 378 g/mol. The normalized spacial score (nSPS) is 21.0. The average Bonchev–Trinajstić information content (AvgIpc) is 3.37. The Bertz CT molecular complexity index is 518. The summed E-state index contributed by atoms with van der Waals surface area (Å²) in [5.74, 6) is 0.963. The molecule has 2 N–H and O–H groups in total. The van der Waals surface area contributed by atoms with Gasteiger partial charge in [0, 0.05) is 24.5 Å². The highest BCUT2D eigenvalue weighted by molar-refractivity contribution is 7.10. The van der Waals surface area contributed by atoms with E-state index in [9.17, 15) is 0 Å². The Morgan fingerprint density at radius 2 is 1.88 bits per heavy atom. The SMILES string of the molecule is CCNC(=NCC(c1cccs1)N1CCCC1)NCCN1CCCCC1. The summed E-state index contributed by atoms with van der Waals surface area (Å²) in [6, 6.07) is 4.85. The number of piperidine rings is 1. The summed E-state index contributed by atoms with van der Waals surface area (Å²) in [5.41, 5.74) is 0. The van der Waals surface area contributed by atoms with Gasteiger partial charge in [-0.05, 0) is 70.2 Å². The first-order chi connectivity index (χ1) is 12.9. The van der Waals surface area contributed by atoms with Crippen LogP contribution < -0.4 is 10.6 Å². The Morgan fingerprint density at radius 3 is 2.58 bits per heavy atom. The molecule has 3 heterocycles. The van der Waals surface area contributed by atoms with Crippen LogP contribution in [0, 0.1) is 0 Å². The first kappa shape index (κ1) is 19.6. The molecule has 1 atom stereocenters. The molecule has 1 aromatic heterocycles. The number of aliphatic imine (C=N–C) groups is 1. The molecular formula is C20H35N5S. The molecule has 146 valence electrons. The minimum absolute atomic E-state index is 0.426. The van der Waals surface area contributed by atoms with Gasteiger partial charge in [-0.15, -0.1) is 11.3 Å². The first-order valence-corrected chi connectivity index (χ1v) is 11.3.